The molecule has 2 saturated heterocycles. The van der Waals surface area contributed by atoms with Crippen LogP contribution in [-0.2, 0) is 16.7 Å². The first-order valence-electron chi connectivity index (χ1n) is 12.4. The Kier molecular flexibility index (Phi) is 7.36. The molecule has 2 fully saturated rings. The molecule has 0 saturated carbocycles. The molecule has 1 aromatic carbocycles. The van der Waals surface area contributed by atoms with Crippen molar-refractivity contribution in [2.45, 2.75) is 71.2 Å². The van der Waals surface area contributed by atoms with Crippen LogP contribution in [0.25, 0.3) is 5.69 Å². The summed E-state index contributed by atoms with van der Waals surface area (Å²) in [7, 11) is 0. The number of benzene rings is 1. The van der Waals surface area contributed by atoms with Gasteiger partial charge in [-0.25, -0.2) is 9.48 Å². The monoisotopic (exact) mass is 526 g/mol. The molecule has 198 valence electrons. The molecule has 2 aromatic rings. The van der Waals surface area contributed by atoms with Gasteiger partial charge in [-0.05, 0) is 56.3 Å². The predicted octanol–water partition coefficient (Wildman–Crippen LogP) is 6.20. The van der Waals surface area contributed by atoms with E-state index in [0.717, 1.165) is 56.4 Å². The number of rotatable bonds is 4. The molecule has 0 aliphatic carbocycles. The highest BCUT2D eigenvalue weighted by Gasteiger charge is 2.44. The van der Waals surface area contributed by atoms with Crippen molar-refractivity contribution in [3.05, 3.63) is 46.7 Å². The number of amides is 1. The number of ether oxygens (including phenoxy) is 1. The third kappa shape index (κ3) is 5.83. The summed E-state index contributed by atoms with van der Waals surface area (Å²) < 4.78 is 44.8. The number of carbonyl (C=O) groups is 1. The third-order valence-corrected chi connectivity index (χ3v) is 7.68. The molecule has 3 heterocycles. The van der Waals surface area contributed by atoms with Crippen molar-refractivity contribution >= 4 is 17.7 Å². The van der Waals surface area contributed by atoms with Crippen LogP contribution in [0, 0.1) is 5.41 Å². The lowest BCUT2D eigenvalue weighted by atomic mass is 9.78. The van der Waals surface area contributed by atoms with Gasteiger partial charge in [-0.1, -0.05) is 44.5 Å². The molecule has 1 unspecified atom stereocenters. The minimum absolute atomic E-state index is 0.0501. The Morgan fingerprint density at radius 2 is 1.78 bits per heavy atom. The molecular weight excluding hydrogens is 493 g/mol. The van der Waals surface area contributed by atoms with E-state index in [0.29, 0.717) is 24.7 Å². The zero-order chi connectivity index (χ0) is 26.3. The summed E-state index contributed by atoms with van der Waals surface area (Å²) in [5.41, 5.74) is 2.84. The molecular formula is C26H34ClF3N4O2. The molecule has 6 nitrogen and oxygen atoms in total. The van der Waals surface area contributed by atoms with Gasteiger partial charge in [0.05, 0.1) is 22.1 Å². The number of nitrogens with zero attached hydrogens (tertiary/aromatic N) is 4. The maximum atomic E-state index is 12.8. The fourth-order valence-electron chi connectivity index (χ4n) is 4.99. The minimum Gasteiger partial charge on any atom is -0.437 e. The lowest BCUT2D eigenvalue weighted by molar-refractivity contribution is -0.200. The Hall–Kier alpha value is -2.26. The molecule has 0 N–H and O–H groups in total. The van der Waals surface area contributed by atoms with Crippen molar-refractivity contribution < 1.29 is 22.7 Å². The first kappa shape index (κ1) is 26.8. The van der Waals surface area contributed by atoms with Crippen LogP contribution < -0.4 is 0 Å². The standard InChI is InChI=1S/C26H34ClF3N4O2/c1-18(26(28,29)30)36-23(35)33-13-10-25(11-14-33)9-12-32(17-25)16-19-15-22(24(2,3)4)31-34(19)21-8-6-5-7-20(21)27/h5-8,15,18H,9-14,16-17H2,1-4H3. The number of likely N-dealkylation sites (tertiary alicyclic amines) is 2. The SMILES string of the molecule is CC(OC(=O)N1CCC2(CCN(Cc3cc(C(C)(C)C)nn3-c3ccccc3Cl)C2)CC1)C(F)(F)F. The molecule has 1 amide bonds. The first-order valence-corrected chi connectivity index (χ1v) is 12.7. The lowest BCUT2D eigenvalue weighted by Gasteiger charge is -2.39. The Morgan fingerprint density at radius 1 is 1.14 bits per heavy atom. The number of para-hydroxylation sites is 1. The van der Waals surface area contributed by atoms with E-state index in [9.17, 15) is 18.0 Å². The Bertz CT molecular complexity index is 1090. The van der Waals surface area contributed by atoms with Gasteiger partial charge in [0.1, 0.15) is 0 Å². The molecule has 4 rings (SSSR count). The highest BCUT2D eigenvalue weighted by atomic mass is 35.5. The van der Waals surface area contributed by atoms with E-state index < -0.39 is 18.4 Å². The molecule has 10 heteroatoms. The van der Waals surface area contributed by atoms with E-state index in [-0.39, 0.29) is 10.8 Å². The number of piperidine rings is 1. The number of aromatic nitrogens is 2. The van der Waals surface area contributed by atoms with Crippen LogP contribution in [0.3, 0.4) is 0 Å². The Morgan fingerprint density at radius 3 is 2.39 bits per heavy atom. The molecule has 0 bridgehead atoms. The van der Waals surface area contributed by atoms with Crippen molar-refractivity contribution in [1.29, 1.82) is 0 Å². The van der Waals surface area contributed by atoms with Crippen LogP contribution in [0.4, 0.5) is 18.0 Å². The summed E-state index contributed by atoms with van der Waals surface area (Å²) >= 11 is 6.50. The van der Waals surface area contributed by atoms with E-state index in [1.807, 2.05) is 28.9 Å². The predicted molar refractivity (Wildman–Crippen MR) is 132 cm³/mol. The Balaban J connectivity index is 1.42. The molecule has 1 atom stereocenters. The zero-order valence-corrected chi connectivity index (χ0v) is 22.0. The van der Waals surface area contributed by atoms with Gasteiger partial charge in [0.25, 0.3) is 0 Å². The van der Waals surface area contributed by atoms with Crippen molar-refractivity contribution in [1.82, 2.24) is 19.6 Å². The fraction of sp³-hybridized carbons (Fsp3) is 0.615. The van der Waals surface area contributed by atoms with E-state index in [4.69, 9.17) is 16.7 Å². The van der Waals surface area contributed by atoms with E-state index in [1.165, 1.54) is 4.90 Å². The molecule has 2 aliphatic heterocycles. The van der Waals surface area contributed by atoms with Crippen LogP contribution in [0.2, 0.25) is 5.02 Å². The number of alkyl halides is 3. The molecule has 1 aromatic heterocycles. The lowest BCUT2D eigenvalue weighted by Crippen LogP contribution is -2.46. The molecule has 2 aliphatic rings. The average molecular weight is 527 g/mol. The van der Waals surface area contributed by atoms with Gasteiger partial charge in [-0.15, -0.1) is 0 Å². The smallest absolute Gasteiger partial charge is 0.425 e. The summed E-state index contributed by atoms with van der Waals surface area (Å²) in [5, 5.41) is 5.53. The Labute approximate surface area is 215 Å². The molecule has 1 spiro atoms. The highest BCUT2D eigenvalue weighted by Crippen LogP contribution is 2.41. The van der Waals surface area contributed by atoms with Crippen LogP contribution in [0.15, 0.2) is 30.3 Å². The van der Waals surface area contributed by atoms with Crippen molar-refractivity contribution in [3.63, 3.8) is 0 Å². The van der Waals surface area contributed by atoms with Gasteiger partial charge in [-0.2, -0.15) is 18.3 Å². The second-order valence-electron chi connectivity index (χ2n) is 11.1. The minimum atomic E-state index is -4.55. The number of hydrogen-bond acceptors (Lipinski definition) is 4. The topological polar surface area (TPSA) is 50.6 Å². The second kappa shape index (κ2) is 9.89. The summed E-state index contributed by atoms with van der Waals surface area (Å²) in [5.74, 6) is 0. The summed E-state index contributed by atoms with van der Waals surface area (Å²) in [4.78, 5) is 16.0. The second-order valence-corrected chi connectivity index (χ2v) is 11.6. The fourth-order valence-corrected chi connectivity index (χ4v) is 5.20. The summed E-state index contributed by atoms with van der Waals surface area (Å²) in [6.45, 7) is 10.6. The summed E-state index contributed by atoms with van der Waals surface area (Å²) in [6.07, 6.45) is -5.07. The number of hydrogen-bond donors (Lipinski definition) is 0. The van der Waals surface area contributed by atoms with Crippen molar-refractivity contribution in [2.24, 2.45) is 5.41 Å². The van der Waals surface area contributed by atoms with Crippen LogP contribution in [-0.4, -0.2) is 64.1 Å². The maximum absolute atomic E-state index is 12.8. The van der Waals surface area contributed by atoms with Crippen LogP contribution in [0.5, 0.6) is 0 Å². The summed E-state index contributed by atoms with van der Waals surface area (Å²) in [6, 6.07) is 9.82. The van der Waals surface area contributed by atoms with Crippen LogP contribution >= 0.6 is 11.6 Å². The quantitative estimate of drug-likeness (QED) is 0.476. The third-order valence-electron chi connectivity index (χ3n) is 7.36. The molecule has 36 heavy (non-hydrogen) atoms. The van der Waals surface area contributed by atoms with Gasteiger partial charge in [-0.3, -0.25) is 4.90 Å². The van der Waals surface area contributed by atoms with E-state index in [2.05, 4.69) is 36.5 Å². The van der Waals surface area contributed by atoms with Gasteiger partial charge >= 0.3 is 12.3 Å². The van der Waals surface area contributed by atoms with Crippen LogP contribution in [0.1, 0.15) is 58.3 Å². The number of halogens is 4. The first-order chi connectivity index (χ1) is 16.8. The van der Waals surface area contributed by atoms with Crippen molar-refractivity contribution in [3.8, 4) is 5.69 Å². The number of carbonyl (C=O) groups excluding carboxylic acids is 1. The van der Waals surface area contributed by atoms with Gasteiger partial charge in [0.2, 0.25) is 0 Å². The maximum Gasteiger partial charge on any atom is 0.425 e. The zero-order valence-electron chi connectivity index (χ0n) is 21.2. The van der Waals surface area contributed by atoms with Gasteiger partial charge in [0.15, 0.2) is 6.10 Å². The van der Waals surface area contributed by atoms with Crippen molar-refractivity contribution in [2.75, 3.05) is 26.2 Å². The van der Waals surface area contributed by atoms with Gasteiger partial charge < -0.3 is 9.64 Å². The largest absolute Gasteiger partial charge is 0.437 e. The normalized spacial score (nSPS) is 19.6. The highest BCUT2D eigenvalue weighted by molar-refractivity contribution is 6.32. The molecule has 0 radical (unpaired) electrons. The average Bonchev–Trinajstić information content (AvgIpc) is 3.38. The van der Waals surface area contributed by atoms with E-state index >= 15 is 0 Å². The van der Waals surface area contributed by atoms with E-state index in [1.54, 1.807) is 0 Å². The van der Waals surface area contributed by atoms with Gasteiger partial charge in [0, 0.05) is 31.6 Å².